The molecule has 0 amide bonds. The summed E-state index contributed by atoms with van der Waals surface area (Å²) in [6, 6.07) is 32.8. The van der Waals surface area contributed by atoms with Gasteiger partial charge in [-0.15, -0.1) is 0 Å². The summed E-state index contributed by atoms with van der Waals surface area (Å²) in [7, 11) is -12.6. The fourth-order valence-electron chi connectivity index (χ4n) is 9.14. The van der Waals surface area contributed by atoms with E-state index in [0.29, 0.717) is 0 Å². The smallest absolute Gasteiger partial charge is 0.747 e. The molecule has 0 radical (unpaired) electrons. The third-order valence-corrected chi connectivity index (χ3v) is 14.9. The van der Waals surface area contributed by atoms with Crippen molar-refractivity contribution in [1.82, 2.24) is 0 Å². The monoisotopic (exact) mass is 1100 g/mol. The molecule has 8 atom stereocenters. The van der Waals surface area contributed by atoms with Crippen LogP contribution in [0.5, 0.6) is 0 Å². The number of benzene rings is 6. The van der Waals surface area contributed by atoms with Gasteiger partial charge in [-0.2, -0.15) is 0 Å². The van der Waals surface area contributed by atoms with Gasteiger partial charge in [-0.25, -0.2) is 60.7 Å². The molecule has 2 aliphatic carbocycles. The van der Waals surface area contributed by atoms with E-state index in [9.17, 15) is 25.9 Å². The first-order valence-electron chi connectivity index (χ1n) is 19.5. The van der Waals surface area contributed by atoms with Crippen LogP contribution in [0.25, 0.3) is 0 Å². The second kappa shape index (κ2) is 18.8. The second-order valence-electron chi connectivity index (χ2n) is 15.3. The third kappa shape index (κ3) is 7.23. The van der Waals surface area contributed by atoms with Crippen LogP contribution in [0.1, 0.15) is 33.4 Å². The summed E-state index contributed by atoms with van der Waals surface area (Å²) in [5, 5.41) is 0. The topological polar surface area (TPSA) is 114 Å². The van der Waals surface area contributed by atoms with Gasteiger partial charge in [0.1, 0.15) is 20.2 Å². The van der Waals surface area contributed by atoms with E-state index < -0.39 is 121 Å². The van der Waals surface area contributed by atoms with Gasteiger partial charge < -0.3 is 9.11 Å². The van der Waals surface area contributed by atoms with Crippen molar-refractivity contribution in [2.24, 2.45) is 0 Å². The molecule has 0 saturated heterocycles. The van der Waals surface area contributed by atoms with Gasteiger partial charge in [-0.1, -0.05) is 182 Å². The minimum absolute atomic E-state index is 0. The van der Waals surface area contributed by atoms with Crippen molar-refractivity contribution in [2.75, 3.05) is 0 Å². The van der Waals surface area contributed by atoms with Crippen molar-refractivity contribution in [1.29, 1.82) is 0 Å². The summed E-state index contributed by atoms with van der Waals surface area (Å²) in [5.74, 6) is -10.1. The number of halogens is 10. The molecule has 0 saturated carbocycles. The number of hydrogen-bond donors (Lipinski definition) is 0. The van der Waals surface area contributed by atoms with Crippen LogP contribution in [0.3, 0.4) is 0 Å². The number of rotatable bonds is 8. The SMILES string of the molecule is O=S(=O)([O-])C1(c2ccccc2)C(F)=C(F)C(F)C(F)(c2ccccc2)C1(F)c1ccccc1.O=S(=O)([O-])C1(c2ccccc2)C(F)=C(F)C(F)C(F)(c2ccccc2)C1(F)c1ccccc1.[Ba+2]. The van der Waals surface area contributed by atoms with Gasteiger partial charge in [0, 0.05) is 0 Å². The Labute approximate surface area is 418 Å². The first kappa shape index (κ1) is 51.9. The number of hydrogen-bond acceptors (Lipinski definition) is 6. The molecule has 8 rings (SSSR count). The van der Waals surface area contributed by atoms with Gasteiger partial charge in [-0.05, 0) is 33.4 Å². The predicted molar refractivity (Wildman–Crippen MR) is 227 cm³/mol. The van der Waals surface area contributed by atoms with E-state index in [1.165, 1.54) is 84.9 Å². The van der Waals surface area contributed by atoms with Crippen molar-refractivity contribution in [3.8, 4) is 0 Å². The van der Waals surface area contributed by atoms with Crippen LogP contribution in [-0.2, 0) is 52.4 Å². The Hall–Kier alpha value is -4.51. The molecule has 6 aromatic rings. The van der Waals surface area contributed by atoms with Crippen LogP contribution in [0.15, 0.2) is 205 Å². The zero-order valence-corrected chi connectivity index (χ0v) is 40.3. The van der Waals surface area contributed by atoms with Gasteiger partial charge in [-0.3, -0.25) is 0 Å². The van der Waals surface area contributed by atoms with E-state index in [-0.39, 0.29) is 48.9 Å². The molecule has 0 heterocycles. The maximum absolute atomic E-state index is 17.6. The van der Waals surface area contributed by atoms with Crippen molar-refractivity contribution in [3.05, 3.63) is 239 Å². The van der Waals surface area contributed by atoms with Crippen molar-refractivity contribution in [3.63, 3.8) is 0 Å². The molecule has 6 aromatic carbocycles. The van der Waals surface area contributed by atoms with Crippen LogP contribution in [0.4, 0.5) is 43.9 Å². The summed E-state index contributed by atoms with van der Waals surface area (Å²) in [6.45, 7) is 0. The average Bonchev–Trinajstić information content (AvgIpc) is 3.33. The molecule has 0 aliphatic heterocycles. The Balaban J connectivity index is 0.000000218. The van der Waals surface area contributed by atoms with Crippen LogP contribution < -0.4 is 0 Å². The van der Waals surface area contributed by atoms with Gasteiger partial charge in [0.2, 0.25) is 22.7 Å². The minimum atomic E-state index is -6.29. The van der Waals surface area contributed by atoms with Gasteiger partial charge >= 0.3 is 48.9 Å². The molecule has 0 fully saturated rings. The Morgan fingerprint density at radius 3 is 0.761 bits per heavy atom. The molecule has 0 bridgehead atoms. The molecule has 0 N–H and O–H groups in total. The Morgan fingerprint density at radius 1 is 0.358 bits per heavy atom. The fourth-order valence-corrected chi connectivity index (χ4v) is 11.8. The summed E-state index contributed by atoms with van der Waals surface area (Å²) in [6.07, 6.45) is -7.19. The number of allylic oxidation sites excluding steroid dienone is 2. The van der Waals surface area contributed by atoms with Gasteiger partial charge in [0.25, 0.3) is 0 Å². The Morgan fingerprint density at radius 2 is 0.552 bits per heavy atom. The van der Waals surface area contributed by atoms with E-state index in [1.807, 2.05) is 0 Å². The molecule has 67 heavy (non-hydrogen) atoms. The van der Waals surface area contributed by atoms with E-state index in [2.05, 4.69) is 0 Å². The Bertz CT molecular complexity index is 2820. The molecule has 8 unspecified atom stereocenters. The predicted octanol–water partition coefficient (Wildman–Crippen LogP) is 10.9. The Kier molecular flexibility index (Phi) is 14.5. The van der Waals surface area contributed by atoms with Crippen LogP contribution in [-0.4, -0.2) is 87.2 Å². The summed E-state index contributed by atoms with van der Waals surface area (Å²) >= 11 is 0. The second-order valence-corrected chi connectivity index (χ2v) is 18.3. The molecule has 344 valence electrons. The molecule has 2 aliphatic rings. The minimum Gasteiger partial charge on any atom is -0.747 e. The first-order valence-corrected chi connectivity index (χ1v) is 22.3. The van der Waals surface area contributed by atoms with E-state index in [4.69, 9.17) is 0 Å². The van der Waals surface area contributed by atoms with Gasteiger partial charge in [0.05, 0.1) is 0 Å². The maximum Gasteiger partial charge on any atom is 2.00 e. The quantitative estimate of drug-likeness (QED) is 0.0852. The summed E-state index contributed by atoms with van der Waals surface area (Å²) < 4.78 is 230. The van der Waals surface area contributed by atoms with Crippen LogP contribution in [0, 0.1) is 0 Å². The zero-order chi connectivity index (χ0) is 48.1. The first-order chi connectivity index (χ1) is 31.1. The molecule has 6 nitrogen and oxygen atoms in total. The van der Waals surface area contributed by atoms with Crippen molar-refractivity contribution >= 4 is 69.1 Å². The molecule has 0 aromatic heterocycles. The molecule has 0 spiro atoms. The maximum atomic E-state index is 17.6. The fraction of sp³-hybridized carbons (Fsp3) is 0.167. The van der Waals surface area contributed by atoms with Gasteiger partial charge in [0.15, 0.2) is 45.1 Å². The third-order valence-electron chi connectivity index (χ3n) is 12.0. The van der Waals surface area contributed by atoms with Crippen molar-refractivity contribution < 1.29 is 69.8 Å². The van der Waals surface area contributed by atoms with Crippen LogP contribution >= 0.6 is 0 Å². The normalized spacial score (nSPS) is 29.9. The van der Waals surface area contributed by atoms with Crippen molar-refractivity contribution in [2.45, 2.75) is 44.5 Å². The zero-order valence-electron chi connectivity index (χ0n) is 34.2. The van der Waals surface area contributed by atoms with Crippen LogP contribution in [0.2, 0.25) is 0 Å². The van der Waals surface area contributed by atoms with E-state index in [0.717, 1.165) is 97.1 Å². The van der Waals surface area contributed by atoms with E-state index >= 15 is 43.9 Å². The summed E-state index contributed by atoms with van der Waals surface area (Å²) in [5.41, 5.74) is -21.9. The molecule has 19 heteroatoms. The average molecular weight is 1100 g/mol. The largest absolute Gasteiger partial charge is 2.00 e. The summed E-state index contributed by atoms with van der Waals surface area (Å²) in [4.78, 5) is 0. The van der Waals surface area contributed by atoms with E-state index in [1.54, 1.807) is 0 Å². The molecular formula is C48H32BaF10O6S2. The number of alkyl halides is 6. The standard InChI is InChI=1S/2C24H17F5O3S.Ba/c2*25-19-20(26)22(28,16-10-4-1-5-11-16)24(29,18-14-8-3-9-15-18)23(21(19)27,33(30,31)32)17-12-6-2-7-13-17;/h2*1-15,20H,(H,30,31,32);/q;;+2/p-2. The molecular weight excluding hydrogens is 1060 g/mol.